The molecule has 2 aliphatic rings. The molecule has 1 fully saturated rings. The van der Waals surface area contributed by atoms with Gasteiger partial charge in [-0.1, -0.05) is 6.92 Å². The summed E-state index contributed by atoms with van der Waals surface area (Å²) in [6.07, 6.45) is 7.02. The van der Waals surface area contributed by atoms with Crippen molar-refractivity contribution in [2.24, 2.45) is 16.6 Å². The van der Waals surface area contributed by atoms with Crippen molar-refractivity contribution in [2.45, 2.75) is 32.6 Å². The molecule has 1 aliphatic carbocycles. The highest BCUT2D eigenvalue weighted by molar-refractivity contribution is 5.96. The Morgan fingerprint density at radius 3 is 2.75 bits per heavy atom. The Hall–Kier alpha value is -1.85. The topological polar surface area (TPSA) is 77.5 Å². The van der Waals surface area contributed by atoms with E-state index in [9.17, 15) is 4.39 Å². The molecule has 20 heavy (non-hydrogen) atoms. The van der Waals surface area contributed by atoms with E-state index in [2.05, 4.69) is 10.3 Å². The van der Waals surface area contributed by atoms with Crippen LogP contribution >= 0.6 is 0 Å². The molecule has 0 bridgehead atoms. The van der Waals surface area contributed by atoms with E-state index in [-0.39, 0.29) is 23.7 Å². The zero-order chi connectivity index (χ0) is 14.5. The second-order valence-corrected chi connectivity index (χ2v) is 5.33. The second kappa shape index (κ2) is 6.54. The minimum atomic E-state index is -0.159. The van der Waals surface area contributed by atoms with Crippen LogP contribution in [0.4, 0.5) is 4.39 Å². The molecule has 0 aromatic rings. The summed E-state index contributed by atoms with van der Waals surface area (Å²) in [5.41, 5.74) is 6.54. The van der Waals surface area contributed by atoms with Gasteiger partial charge in [-0.05, 0) is 37.8 Å². The van der Waals surface area contributed by atoms with Crippen molar-refractivity contribution < 1.29 is 4.39 Å². The molecule has 0 spiro atoms. The number of allylic oxidation sites excluding steroid dienone is 4. The summed E-state index contributed by atoms with van der Waals surface area (Å²) >= 11 is 0. The number of halogens is 1. The van der Waals surface area contributed by atoms with Gasteiger partial charge in [-0.3, -0.25) is 10.7 Å². The maximum atomic E-state index is 13.2. The largest absolute Gasteiger partial charge is 0.369 e. The molecule has 1 atom stereocenters. The first kappa shape index (κ1) is 14.6. The van der Waals surface area contributed by atoms with Crippen molar-refractivity contribution in [1.29, 1.82) is 5.41 Å². The van der Waals surface area contributed by atoms with Crippen LogP contribution in [0.5, 0.6) is 0 Å². The summed E-state index contributed by atoms with van der Waals surface area (Å²) < 4.78 is 13.2. The van der Waals surface area contributed by atoms with Crippen molar-refractivity contribution in [2.75, 3.05) is 13.1 Å². The Kier molecular flexibility index (Phi) is 4.76. The summed E-state index contributed by atoms with van der Waals surface area (Å²) in [6, 6.07) is 0. The van der Waals surface area contributed by atoms with Crippen LogP contribution in [-0.4, -0.2) is 29.9 Å². The fourth-order valence-corrected chi connectivity index (χ4v) is 2.40. The number of hydrogen-bond donors (Lipinski definition) is 3. The molecule has 110 valence electrons. The summed E-state index contributed by atoms with van der Waals surface area (Å²) in [7, 11) is 0. The van der Waals surface area contributed by atoms with Gasteiger partial charge in [-0.2, -0.15) is 0 Å². The number of likely N-dealkylation sites (tertiary alicyclic amines) is 1. The second-order valence-electron chi connectivity index (χ2n) is 5.33. The molecule has 4 N–H and O–H groups in total. The van der Waals surface area contributed by atoms with Crippen molar-refractivity contribution in [1.82, 2.24) is 10.2 Å². The van der Waals surface area contributed by atoms with Crippen molar-refractivity contribution >= 4 is 11.9 Å². The van der Waals surface area contributed by atoms with Crippen LogP contribution in [0.2, 0.25) is 0 Å². The normalized spacial score (nSPS) is 24.0. The Bertz CT molecular complexity index is 460. The van der Waals surface area contributed by atoms with Crippen molar-refractivity contribution in [3.8, 4) is 0 Å². The van der Waals surface area contributed by atoms with Crippen LogP contribution in [-0.2, 0) is 0 Å². The number of hydrogen-bond acceptors (Lipinski definition) is 2. The Balaban J connectivity index is 1.92. The van der Waals surface area contributed by atoms with Crippen LogP contribution in [0.25, 0.3) is 0 Å². The number of nitrogens with one attached hydrogen (secondary N) is 2. The van der Waals surface area contributed by atoms with Crippen molar-refractivity contribution in [3.05, 3.63) is 23.7 Å². The Morgan fingerprint density at radius 2 is 2.10 bits per heavy atom. The van der Waals surface area contributed by atoms with E-state index in [1.54, 1.807) is 6.08 Å². The van der Waals surface area contributed by atoms with Crippen LogP contribution in [0, 0.1) is 11.3 Å². The number of guanidine groups is 2. The molecule has 0 aromatic heterocycles. The van der Waals surface area contributed by atoms with E-state index in [0.717, 1.165) is 31.6 Å². The van der Waals surface area contributed by atoms with Crippen LogP contribution in [0.15, 0.2) is 28.7 Å². The Morgan fingerprint density at radius 1 is 1.40 bits per heavy atom. The van der Waals surface area contributed by atoms with Gasteiger partial charge in [0.2, 0.25) is 0 Å². The summed E-state index contributed by atoms with van der Waals surface area (Å²) in [6.45, 7) is 3.58. The molecule has 1 aliphatic heterocycles. The summed E-state index contributed by atoms with van der Waals surface area (Å²) in [5.74, 6) is 0.191. The predicted octanol–water partition coefficient (Wildman–Crippen LogP) is 2.09. The number of nitrogens with two attached hydrogens (primary N) is 1. The zero-order valence-corrected chi connectivity index (χ0v) is 11.8. The van der Waals surface area contributed by atoms with Gasteiger partial charge in [0.1, 0.15) is 5.83 Å². The molecule has 0 radical (unpaired) electrons. The van der Waals surface area contributed by atoms with Gasteiger partial charge in [-0.15, -0.1) is 0 Å². The highest BCUT2D eigenvalue weighted by atomic mass is 19.1. The third-order valence-electron chi connectivity index (χ3n) is 3.60. The van der Waals surface area contributed by atoms with Gasteiger partial charge < -0.3 is 10.6 Å². The van der Waals surface area contributed by atoms with Gasteiger partial charge >= 0.3 is 0 Å². The van der Waals surface area contributed by atoms with E-state index in [0.29, 0.717) is 6.42 Å². The highest BCUT2D eigenvalue weighted by Crippen LogP contribution is 2.25. The predicted molar refractivity (Wildman–Crippen MR) is 79.0 cm³/mol. The van der Waals surface area contributed by atoms with Gasteiger partial charge in [-0.25, -0.2) is 9.38 Å². The van der Waals surface area contributed by atoms with E-state index >= 15 is 0 Å². The standard InChI is InChI=1S/C14H22FN5/c1-10-9-11(5-6-12(10)15)18-13(16)19-14(17)20-7-3-2-4-8-20/h5-6,10H,2-4,7-9H2,1H3,(H4,16,17,18,19). The van der Waals surface area contributed by atoms with Gasteiger partial charge in [0.05, 0.1) is 0 Å². The van der Waals surface area contributed by atoms with Crippen LogP contribution < -0.4 is 11.1 Å². The summed E-state index contributed by atoms with van der Waals surface area (Å²) in [4.78, 5) is 6.18. The number of rotatable bonds is 1. The van der Waals surface area contributed by atoms with Gasteiger partial charge in [0.15, 0.2) is 11.9 Å². The lowest BCUT2D eigenvalue weighted by atomic mass is 9.99. The van der Waals surface area contributed by atoms with Crippen LogP contribution in [0.3, 0.4) is 0 Å². The molecule has 0 amide bonds. The first-order valence-electron chi connectivity index (χ1n) is 7.07. The minimum absolute atomic E-state index is 0.128. The lowest BCUT2D eigenvalue weighted by molar-refractivity contribution is 0.334. The Labute approximate surface area is 118 Å². The zero-order valence-electron chi connectivity index (χ0n) is 11.8. The molecular weight excluding hydrogens is 257 g/mol. The first-order valence-corrected chi connectivity index (χ1v) is 7.07. The fourth-order valence-electron chi connectivity index (χ4n) is 2.40. The molecule has 0 aromatic carbocycles. The average Bonchev–Trinajstić information content (AvgIpc) is 2.44. The average molecular weight is 279 g/mol. The number of nitrogens with zero attached hydrogens (tertiary/aromatic N) is 2. The number of piperidine rings is 1. The van der Waals surface area contributed by atoms with E-state index in [1.807, 2.05) is 11.8 Å². The first-order chi connectivity index (χ1) is 9.56. The maximum Gasteiger partial charge on any atom is 0.200 e. The number of aliphatic imine (C=N–C) groups is 1. The lowest BCUT2D eigenvalue weighted by Crippen LogP contribution is -2.48. The smallest absolute Gasteiger partial charge is 0.200 e. The molecule has 0 saturated carbocycles. The molecule has 1 unspecified atom stereocenters. The lowest BCUT2D eigenvalue weighted by Gasteiger charge is -2.28. The molecular formula is C14H22FN5. The third-order valence-corrected chi connectivity index (χ3v) is 3.60. The molecule has 6 heteroatoms. The molecule has 1 saturated heterocycles. The monoisotopic (exact) mass is 279 g/mol. The SMILES string of the molecule is CC1CC(N=C(N)NC(=N)N2CCCCC2)=CC=C1F. The molecule has 1 heterocycles. The van der Waals surface area contributed by atoms with E-state index in [4.69, 9.17) is 11.1 Å². The minimum Gasteiger partial charge on any atom is -0.369 e. The maximum absolute atomic E-state index is 13.2. The molecule has 5 nitrogen and oxygen atoms in total. The fraction of sp³-hybridized carbons (Fsp3) is 0.571. The van der Waals surface area contributed by atoms with E-state index in [1.165, 1.54) is 12.5 Å². The van der Waals surface area contributed by atoms with E-state index < -0.39 is 0 Å². The summed E-state index contributed by atoms with van der Waals surface area (Å²) in [5, 5.41) is 10.8. The van der Waals surface area contributed by atoms with Gasteiger partial charge in [0.25, 0.3) is 0 Å². The molecule has 2 rings (SSSR count). The van der Waals surface area contributed by atoms with Crippen LogP contribution in [0.1, 0.15) is 32.6 Å². The van der Waals surface area contributed by atoms with Crippen molar-refractivity contribution in [3.63, 3.8) is 0 Å². The third kappa shape index (κ3) is 3.82. The highest BCUT2D eigenvalue weighted by Gasteiger charge is 2.16. The van der Waals surface area contributed by atoms with Gasteiger partial charge in [0, 0.05) is 24.7 Å². The quantitative estimate of drug-likeness (QED) is 0.508.